The number of methoxy groups -OCH3 is 1. The van der Waals surface area contributed by atoms with E-state index in [9.17, 15) is 0 Å². The molecular formula is C16H15BrN4OS. The van der Waals surface area contributed by atoms with E-state index in [1.807, 2.05) is 48.0 Å². The number of anilines is 2. The van der Waals surface area contributed by atoms with Crippen molar-refractivity contribution >= 4 is 55.7 Å². The Morgan fingerprint density at radius 1 is 1.22 bits per heavy atom. The third-order valence-electron chi connectivity index (χ3n) is 3.41. The van der Waals surface area contributed by atoms with Crippen LogP contribution in [0.1, 0.15) is 0 Å². The van der Waals surface area contributed by atoms with E-state index < -0.39 is 0 Å². The predicted octanol–water partition coefficient (Wildman–Crippen LogP) is 4.15. The molecule has 118 valence electrons. The fraction of sp³-hybridized carbons (Fsp3) is 0.125. The Kier molecular flexibility index (Phi) is 4.49. The maximum atomic E-state index is 5.41. The standard InChI is InChI=1S/C16H15BrN4OS/c1-21-9-18-15-11(4-3-5-13(15)21)19-16(23)20-12-8-10(17)6-7-14(12)22-2/h3-9H,1-2H3,(H2,19,20,23). The molecule has 0 unspecified atom stereocenters. The van der Waals surface area contributed by atoms with Gasteiger partial charge in [0.15, 0.2) is 5.11 Å². The molecule has 0 saturated heterocycles. The number of imidazole rings is 1. The quantitative estimate of drug-likeness (QED) is 0.657. The molecule has 3 rings (SSSR count). The van der Waals surface area contributed by atoms with Crippen LogP contribution in [0.15, 0.2) is 47.2 Å². The van der Waals surface area contributed by atoms with Gasteiger partial charge in [-0.25, -0.2) is 4.98 Å². The van der Waals surface area contributed by atoms with Crippen molar-refractivity contribution in [1.82, 2.24) is 9.55 Å². The van der Waals surface area contributed by atoms with Crippen LogP contribution in [0, 0.1) is 0 Å². The number of halogens is 1. The number of aromatic nitrogens is 2. The van der Waals surface area contributed by atoms with Crippen molar-refractivity contribution in [3.05, 3.63) is 47.2 Å². The van der Waals surface area contributed by atoms with Crippen LogP contribution in [-0.4, -0.2) is 21.8 Å². The van der Waals surface area contributed by atoms with E-state index in [0.29, 0.717) is 10.9 Å². The Balaban J connectivity index is 1.83. The maximum absolute atomic E-state index is 5.41. The smallest absolute Gasteiger partial charge is 0.175 e. The van der Waals surface area contributed by atoms with Gasteiger partial charge in [0.05, 0.1) is 30.3 Å². The Morgan fingerprint density at radius 3 is 2.78 bits per heavy atom. The Labute approximate surface area is 147 Å². The van der Waals surface area contributed by atoms with Crippen LogP contribution in [0.2, 0.25) is 0 Å². The molecule has 1 aromatic heterocycles. The van der Waals surface area contributed by atoms with Gasteiger partial charge in [0.2, 0.25) is 0 Å². The van der Waals surface area contributed by atoms with Crippen LogP contribution >= 0.6 is 28.1 Å². The number of para-hydroxylation sites is 1. The molecule has 0 bridgehead atoms. The molecule has 0 fully saturated rings. The van der Waals surface area contributed by atoms with Crippen LogP contribution < -0.4 is 15.4 Å². The first-order chi connectivity index (χ1) is 11.1. The summed E-state index contributed by atoms with van der Waals surface area (Å²) in [6, 6.07) is 11.6. The minimum absolute atomic E-state index is 0.472. The zero-order valence-electron chi connectivity index (χ0n) is 12.6. The minimum Gasteiger partial charge on any atom is -0.495 e. The lowest BCUT2D eigenvalue weighted by Crippen LogP contribution is -2.19. The fourth-order valence-corrected chi connectivity index (χ4v) is 2.89. The van der Waals surface area contributed by atoms with Crippen LogP contribution in [0.25, 0.3) is 11.0 Å². The van der Waals surface area contributed by atoms with Gasteiger partial charge in [0.25, 0.3) is 0 Å². The summed E-state index contributed by atoms with van der Waals surface area (Å²) >= 11 is 8.86. The van der Waals surface area contributed by atoms with Crippen molar-refractivity contribution in [2.24, 2.45) is 7.05 Å². The number of aryl methyl sites for hydroxylation is 1. The molecule has 0 saturated carbocycles. The summed E-state index contributed by atoms with van der Waals surface area (Å²) < 4.78 is 8.25. The first-order valence-corrected chi connectivity index (χ1v) is 8.10. The number of fused-ring (bicyclic) bond motifs is 1. The fourth-order valence-electron chi connectivity index (χ4n) is 2.31. The van der Waals surface area contributed by atoms with E-state index in [1.165, 1.54) is 0 Å². The molecule has 3 aromatic rings. The highest BCUT2D eigenvalue weighted by molar-refractivity contribution is 9.10. The number of benzene rings is 2. The van der Waals surface area contributed by atoms with E-state index in [2.05, 4.69) is 31.5 Å². The molecule has 0 aliphatic heterocycles. The number of nitrogens with zero attached hydrogens (tertiary/aromatic N) is 2. The number of hydrogen-bond acceptors (Lipinski definition) is 3. The largest absolute Gasteiger partial charge is 0.495 e. The molecular weight excluding hydrogens is 376 g/mol. The molecule has 0 radical (unpaired) electrons. The molecule has 23 heavy (non-hydrogen) atoms. The Bertz CT molecular complexity index is 878. The van der Waals surface area contributed by atoms with Crippen molar-refractivity contribution in [2.45, 2.75) is 0 Å². The van der Waals surface area contributed by atoms with E-state index >= 15 is 0 Å². The Hall–Kier alpha value is -2.12. The molecule has 0 amide bonds. The highest BCUT2D eigenvalue weighted by atomic mass is 79.9. The van der Waals surface area contributed by atoms with E-state index in [1.54, 1.807) is 13.4 Å². The average Bonchev–Trinajstić information content (AvgIpc) is 2.90. The van der Waals surface area contributed by atoms with Crippen molar-refractivity contribution in [2.75, 3.05) is 17.7 Å². The van der Waals surface area contributed by atoms with Gasteiger partial charge in [-0.05, 0) is 42.5 Å². The van der Waals surface area contributed by atoms with Crippen LogP contribution in [0.3, 0.4) is 0 Å². The molecule has 0 aliphatic rings. The SMILES string of the molecule is COc1ccc(Br)cc1NC(=S)Nc1cccc2c1ncn2C. The number of nitrogens with one attached hydrogen (secondary N) is 2. The molecule has 0 atom stereocenters. The first-order valence-electron chi connectivity index (χ1n) is 6.90. The molecule has 0 spiro atoms. The topological polar surface area (TPSA) is 51.1 Å². The summed E-state index contributed by atoms with van der Waals surface area (Å²) in [5.74, 6) is 0.716. The molecule has 2 aromatic carbocycles. The minimum atomic E-state index is 0.472. The van der Waals surface area contributed by atoms with Gasteiger partial charge in [0.1, 0.15) is 11.3 Å². The number of thiocarbonyl (C=S) groups is 1. The molecule has 7 heteroatoms. The van der Waals surface area contributed by atoms with Crippen LogP contribution in [0.5, 0.6) is 5.75 Å². The van der Waals surface area contributed by atoms with Gasteiger partial charge in [-0.15, -0.1) is 0 Å². The van der Waals surface area contributed by atoms with E-state index in [4.69, 9.17) is 17.0 Å². The number of ether oxygens (including phenoxy) is 1. The molecule has 0 aliphatic carbocycles. The second-order valence-electron chi connectivity index (χ2n) is 4.95. The van der Waals surface area contributed by atoms with Gasteiger partial charge in [-0.2, -0.15) is 0 Å². The van der Waals surface area contributed by atoms with Gasteiger partial charge in [0, 0.05) is 11.5 Å². The summed E-state index contributed by atoms with van der Waals surface area (Å²) in [7, 11) is 3.58. The molecule has 5 nitrogen and oxygen atoms in total. The highest BCUT2D eigenvalue weighted by Crippen LogP contribution is 2.28. The van der Waals surface area contributed by atoms with Crippen molar-refractivity contribution in [1.29, 1.82) is 0 Å². The number of rotatable bonds is 3. The van der Waals surface area contributed by atoms with Crippen molar-refractivity contribution in [3.63, 3.8) is 0 Å². The van der Waals surface area contributed by atoms with Crippen LogP contribution in [-0.2, 0) is 7.05 Å². The highest BCUT2D eigenvalue weighted by Gasteiger charge is 2.09. The van der Waals surface area contributed by atoms with Crippen LogP contribution in [0.4, 0.5) is 11.4 Å². The lowest BCUT2D eigenvalue weighted by Gasteiger charge is -2.14. The monoisotopic (exact) mass is 390 g/mol. The van der Waals surface area contributed by atoms with Crippen molar-refractivity contribution < 1.29 is 4.74 Å². The second kappa shape index (κ2) is 6.55. The van der Waals surface area contributed by atoms with E-state index in [-0.39, 0.29) is 0 Å². The predicted molar refractivity (Wildman–Crippen MR) is 101 cm³/mol. The van der Waals surface area contributed by atoms with Gasteiger partial charge in [-0.1, -0.05) is 22.0 Å². The third-order valence-corrected chi connectivity index (χ3v) is 4.11. The number of hydrogen-bond donors (Lipinski definition) is 2. The summed E-state index contributed by atoms with van der Waals surface area (Å²) in [4.78, 5) is 4.41. The Morgan fingerprint density at radius 2 is 2.00 bits per heavy atom. The van der Waals surface area contributed by atoms with Gasteiger partial charge >= 0.3 is 0 Å². The van der Waals surface area contributed by atoms with Gasteiger partial charge in [-0.3, -0.25) is 0 Å². The summed E-state index contributed by atoms with van der Waals surface area (Å²) in [6.07, 6.45) is 1.78. The lowest BCUT2D eigenvalue weighted by molar-refractivity contribution is 0.417. The normalized spacial score (nSPS) is 10.6. The molecule has 2 N–H and O–H groups in total. The first kappa shape index (κ1) is 15.8. The maximum Gasteiger partial charge on any atom is 0.175 e. The van der Waals surface area contributed by atoms with Gasteiger partial charge < -0.3 is 19.9 Å². The molecule has 1 heterocycles. The summed E-state index contributed by atoms with van der Waals surface area (Å²) in [6.45, 7) is 0. The van der Waals surface area contributed by atoms with E-state index in [0.717, 1.165) is 26.9 Å². The third kappa shape index (κ3) is 3.30. The second-order valence-corrected chi connectivity index (χ2v) is 6.28. The summed E-state index contributed by atoms with van der Waals surface area (Å²) in [5, 5.41) is 6.82. The average molecular weight is 391 g/mol. The summed E-state index contributed by atoms with van der Waals surface area (Å²) in [5.41, 5.74) is 3.56. The zero-order valence-corrected chi connectivity index (χ0v) is 15.0. The van der Waals surface area contributed by atoms with Crippen molar-refractivity contribution in [3.8, 4) is 5.75 Å². The zero-order chi connectivity index (χ0) is 16.4. The lowest BCUT2D eigenvalue weighted by atomic mass is 10.2.